The third-order valence-corrected chi connectivity index (χ3v) is 3.15. The van der Waals surface area contributed by atoms with Crippen LogP contribution in [0.3, 0.4) is 0 Å². The lowest BCUT2D eigenvalue weighted by Crippen LogP contribution is -2.35. The number of methoxy groups -OCH3 is 1. The number of hydrogen-bond donors (Lipinski definition) is 1. The molecule has 1 unspecified atom stereocenters. The Morgan fingerprint density at radius 2 is 2.21 bits per heavy atom. The highest BCUT2D eigenvalue weighted by Crippen LogP contribution is 2.08. The quantitative estimate of drug-likeness (QED) is 0.743. The smallest absolute Gasteiger partial charge is 0.202 e. The molecule has 0 aliphatic carbocycles. The Bertz CT molecular complexity index is 351. The van der Waals surface area contributed by atoms with Crippen molar-refractivity contribution in [2.24, 2.45) is 5.92 Å². The molecule has 0 spiro atoms. The number of hydrogen-bond acceptors (Lipinski definition) is 4. The number of likely N-dealkylation sites (N-methyl/N-ethyl adjacent to an activating group) is 1. The molecule has 1 heterocycles. The highest BCUT2D eigenvalue weighted by atomic mass is 16.5. The standard InChI is InChI=1S/C14H28N4O/c1-6-17(4)11-13(19-5)9-16-14-15-7-8-18(14)10-12(2)3/h7-8,12-13H,6,9-11H2,1-5H3,(H,15,16). The van der Waals surface area contributed by atoms with Crippen LogP contribution < -0.4 is 5.32 Å². The second-order valence-electron chi connectivity index (χ2n) is 5.39. The van der Waals surface area contributed by atoms with Crippen LogP contribution >= 0.6 is 0 Å². The third kappa shape index (κ3) is 5.61. The average Bonchev–Trinajstić information content (AvgIpc) is 2.80. The molecule has 1 N–H and O–H groups in total. The summed E-state index contributed by atoms with van der Waals surface area (Å²) in [7, 11) is 3.86. The number of rotatable bonds is 9. The van der Waals surface area contributed by atoms with Crippen molar-refractivity contribution in [2.75, 3.05) is 39.1 Å². The van der Waals surface area contributed by atoms with Gasteiger partial charge in [0, 0.05) is 39.1 Å². The van der Waals surface area contributed by atoms with E-state index in [1.165, 1.54) is 0 Å². The van der Waals surface area contributed by atoms with Gasteiger partial charge < -0.3 is 19.5 Å². The molecule has 5 heteroatoms. The third-order valence-electron chi connectivity index (χ3n) is 3.15. The zero-order chi connectivity index (χ0) is 14.3. The van der Waals surface area contributed by atoms with Crippen LogP contribution in [0.15, 0.2) is 12.4 Å². The summed E-state index contributed by atoms with van der Waals surface area (Å²) in [4.78, 5) is 6.60. The Balaban J connectivity index is 2.48. The minimum absolute atomic E-state index is 0.175. The molecule has 1 rings (SSSR count). The summed E-state index contributed by atoms with van der Waals surface area (Å²) in [5.41, 5.74) is 0. The molecule has 1 atom stereocenters. The first-order valence-corrected chi connectivity index (χ1v) is 7.03. The Kier molecular flexibility index (Phi) is 6.87. The van der Waals surface area contributed by atoms with Gasteiger partial charge in [-0.25, -0.2) is 4.98 Å². The van der Waals surface area contributed by atoms with E-state index < -0.39 is 0 Å². The Labute approximate surface area is 117 Å². The molecule has 1 aromatic heterocycles. The van der Waals surface area contributed by atoms with Gasteiger partial charge in [-0.05, 0) is 19.5 Å². The van der Waals surface area contributed by atoms with Gasteiger partial charge in [-0.2, -0.15) is 0 Å². The summed E-state index contributed by atoms with van der Waals surface area (Å²) in [5, 5.41) is 3.38. The van der Waals surface area contributed by atoms with Crippen molar-refractivity contribution in [1.29, 1.82) is 0 Å². The second-order valence-corrected chi connectivity index (χ2v) is 5.39. The number of ether oxygens (including phenoxy) is 1. The van der Waals surface area contributed by atoms with Crippen LogP contribution in [0, 0.1) is 5.92 Å². The molecule has 0 aliphatic rings. The van der Waals surface area contributed by atoms with E-state index >= 15 is 0 Å². The van der Waals surface area contributed by atoms with Crippen molar-refractivity contribution in [1.82, 2.24) is 14.5 Å². The summed E-state index contributed by atoms with van der Waals surface area (Å²) in [6.07, 6.45) is 4.03. The molecule has 110 valence electrons. The van der Waals surface area contributed by atoms with E-state index in [9.17, 15) is 0 Å². The molecule has 0 aromatic carbocycles. The van der Waals surface area contributed by atoms with E-state index in [1.54, 1.807) is 7.11 Å². The summed E-state index contributed by atoms with van der Waals surface area (Å²) in [6.45, 7) is 10.3. The van der Waals surface area contributed by atoms with E-state index in [0.717, 1.165) is 32.1 Å². The first-order valence-electron chi connectivity index (χ1n) is 7.03. The maximum absolute atomic E-state index is 5.50. The molecule has 0 radical (unpaired) electrons. The summed E-state index contributed by atoms with van der Waals surface area (Å²) < 4.78 is 7.65. The van der Waals surface area contributed by atoms with Crippen molar-refractivity contribution in [3.8, 4) is 0 Å². The van der Waals surface area contributed by atoms with Crippen LogP contribution in [0.5, 0.6) is 0 Å². The van der Waals surface area contributed by atoms with Crippen molar-refractivity contribution in [3.63, 3.8) is 0 Å². The topological polar surface area (TPSA) is 42.3 Å². The van der Waals surface area contributed by atoms with Gasteiger partial charge in [0.15, 0.2) is 0 Å². The highest BCUT2D eigenvalue weighted by Gasteiger charge is 2.11. The Morgan fingerprint density at radius 1 is 1.47 bits per heavy atom. The molecule has 0 bridgehead atoms. The van der Waals surface area contributed by atoms with Gasteiger partial charge in [-0.1, -0.05) is 20.8 Å². The van der Waals surface area contributed by atoms with E-state index in [4.69, 9.17) is 4.74 Å². The SMILES string of the molecule is CCN(C)CC(CNc1nccn1CC(C)C)OC. The maximum Gasteiger partial charge on any atom is 0.202 e. The van der Waals surface area contributed by atoms with Crippen LogP contribution in [-0.2, 0) is 11.3 Å². The van der Waals surface area contributed by atoms with Crippen LogP contribution in [0.2, 0.25) is 0 Å². The van der Waals surface area contributed by atoms with E-state index in [0.29, 0.717) is 5.92 Å². The zero-order valence-electron chi connectivity index (χ0n) is 12.9. The van der Waals surface area contributed by atoms with Crippen LogP contribution in [0.1, 0.15) is 20.8 Å². The van der Waals surface area contributed by atoms with Crippen molar-refractivity contribution < 1.29 is 4.74 Å². The van der Waals surface area contributed by atoms with Crippen LogP contribution in [-0.4, -0.2) is 54.3 Å². The van der Waals surface area contributed by atoms with Gasteiger partial charge in [0.2, 0.25) is 5.95 Å². The summed E-state index contributed by atoms with van der Waals surface area (Å²) >= 11 is 0. The molecule has 1 aromatic rings. The predicted molar refractivity (Wildman–Crippen MR) is 79.5 cm³/mol. The minimum Gasteiger partial charge on any atom is -0.378 e. The fourth-order valence-corrected chi connectivity index (χ4v) is 1.92. The van der Waals surface area contributed by atoms with Gasteiger partial charge >= 0.3 is 0 Å². The lowest BCUT2D eigenvalue weighted by Gasteiger charge is -2.22. The minimum atomic E-state index is 0.175. The monoisotopic (exact) mass is 268 g/mol. The number of aromatic nitrogens is 2. The van der Waals surface area contributed by atoms with Gasteiger partial charge in [0.25, 0.3) is 0 Å². The number of nitrogens with one attached hydrogen (secondary N) is 1. The Hall–Kier alpha value is -1.07. The second kappa shape index (κ2) is 8.17. The van der Waals surface area contributed by atoms with Gasteiger partial charge in [-0.15, -0.1) is 0 Å². The average molecular weight is 268 g/mol. The highest BCUT2D eigenvalue weighted by molar-refractivity contribution is 5.26. The van der Waals surface area contributed by atoms with Gasteiger partial charge in [-0.3, -0.25) is 0 Å². The molecule has 0 amide bonds. The maximum atomic E-state index is 5.50. The number of anilines is 1. The van der Waals surface area contributed by atoms with Gasteiger partial charge in [0.1, 0.15) is 0 Å². The molecule has 0 aliphatic heterocycles. The molecule has 0 saturated carbocycles. The van der Waals surface area contributed by atoms with E-state index in [2.05, 4.69) is 47.6 Å². The van der Waals surface area contributed by atoms with Crippen molar-refractivity contribution >= 4 is 5.95 Å². The lowest BCUT2D eigenvalue weighted by molar-refractivity contribution is 0.0826. The fourth-order valence-electron chi connectivity index (χ4n) is 1.92. The Morgan fingerprint density at radius 3 is 2.79 bits per heavy atom. The van der Waals surface area contributed by atoms with E-state index in [1.807, 2.05) is 12.4 Å². The fraction of sp³-hybridized carbons (Fsp3) is 0.786. The summed E-state index contributed by atoms with van der Waals surface area (Å²) in [5.74, 6) is 1.54. The molecular weight excluding hydrogens is 240 g/mol. The summed E-state index contributed by atoms with van der Waals surface area (Å²) in [6, 6.07) is 0. The molecule has 0 saturated heterocycles. The predicted octanol–water partition coefficient (Wildman–Crippen LogP) is 1.92. The zero-order valence-corrected chi connectivity index (χ0v) is 12.9. The molecule has 5 nitrogen and oxygen atoms in total. The first-order chi connectivity index (χ1) is 9.06. The van der Waals surface area contributed by atoms with Crippen molar-refractivity contribution in [3.05, 3.63) is 12.4 Å². The lowest BCUT2D eigenvalue weighted by atomic mass is 10.2. The molecule has 19 heavy (non-hydrogen) atoms. The molecular formula is C14H28N4O. The van der Waals surface area contributed by atoms with Crippen LogP contribution in [0.4, 0.5) is 5.95 Å². The number of nitrogens with zero attached hydrogens (tertiary/aromatic N) is 3. The molecule has 0 fully saturated rings. The van der Waals surface area contributed by atoms with E-state index in [-0.39, 0.29) is 6.10 Å². The normalized spacial score (nSPS) is 13.2. The van der Waals surface area contributed by atoms with Crippen LogP contribution in [0.25, 0.3) is 0 Å². The first kappa shape index (κ1) is 16.0. The largest absolute Gasteiger partial charge is 0.378 e. The van der Waals surface area contributed by atoms with Gasteiger partial charge in [0.05, 0.1) is 6.10 Å². The number of imidazole rings is 1. The van der Waals surface area contributed by atoms with Crippen molar-refractivity contribution in [2.45, 2.75) is 33.4 Å².